The number of rotatable bonds is 1. The molecule has 0 atom stereocenters. The molecule has 0 bridgehead atoms. The Morgan fingerprint density at radius 2 is 2.13 bits per heavy atom. The van der Waals surface area contributed by atoms with Crippen molar-refractivity contribution in [3.8, 4) is 0 Å². The fourth-order valence-electron chi connectivity index (χ4n) is 1.29. The second-order valence-corrected chi connectivity index (χ2v) is 3.01. The van der Waals surface area contributed by atoms with Crippen LogP contribution in [0, 0.1) is 0 Å². The minimum absolute atomic E-state index is 0.0952. The Kier molecular flexibility index (Phi) is 2.11. The topological polar surface area (TPSA) is 60.9 Å². The van der Waals surface area contributed by atoms with Gasteiger partial charge in [0.15, 0.2) is 0 Å². The van der Waals surface area contributed by atoms with Crippen molar-refractivity contribution in [3.63, 3.8) is 0 Å². The number of hydrogen-bond acceptors (Lipinski definition) is 3. The van der Waals surface area contributed by atoms with Gasteiger partial charge in [0.05, 0.1) is 10.9 Å². The number of alkyl halides is 2. The predicted octanol–water partition coefficient (Wildman–Crippen LogP) is 1.37. The molecule has 1 heterocycles. The molecular formula is C9H7F2N3O. The predicted molar refractivity (Wildman–Crippen MR) is 51.7 cm³/mol. The van der Waals surface area contributed by atoms with Crippen molar-refractivity contribution in [2.75, 3.05) is 5.73 Å². The third-order valence-electron chi connectivity index (χ3n) is 2.02. The molecule has 0 fully saturated rings. The van der Waals surface area contributed by atoms with Crippen molar-refractivity contribution >= 4 is 16.6 Å². The number of hydrogen-bond donors (Lipinski definition) is 1. The summed E-state index contributed by atoms with van der Waals surface area (Å²) >= 11 is 0. The first-order valence-corrected chi connectivity index (χ1v) is 4.14. The zero-order valence-corrected chi connectivity index (χ0v) is 7.52. The third-order valence-corrected chi connectivity index (χ3v) is 2.02. The molecule has 0 unspecified atom stereocenters. The molecule has 1 aromatic heterocycles. The van der Waals surface area contributed by atoms with Gasteiger partial charge in [-0.25, -0.2) is 9.55 Å². The summed E-state index contributed by atoms with van der Waals surface area (Å²) in [5.41, 5.74) is 5.36. The quantitative estimate of drug-likeness (QED) is 0.724. The zero-order valence-electron chi connectivity index (χ0n) is 7.52. The van der Waals surface area contributed by atoms with Gasteiger partial charge in [-0.05, 0) is 18.2 Å². The Morgan fingerprint density at radius 1 is 1.40 bits per heavy atom. The molecule has 0 saturated heterocycles. The Morgan fingerprint density at radius 3 is 2.80 bits per heavy atom. The van der Waals surface area contributed by atoms with Crippen LogP contribution in [0.15, 0.2) is 29.3 Å². The van der Waals surface area contributed by atoms with Gasteiger partial charge in [-0.2, -0.15) is 8.78 Å². The number of halogens is 2. The van der Waals surface area contributed by atoms with E-state index in [-0.39, 0.29) is 9.95 Å². The van der Waals surface area contributed by atoms with E-state index >= 15 is 0 Å². The molecule has 0 aliphatic rings. The molecule has 1 aromatic carbocycles. The summed E-state index contributed by atoms with van der Waals surface area (Å²) in [5, 5.41) is 0.0952. The van der Waals surface area contributed by atoms with E-state index in [0.717, 1.165) is 6.33 Å². The van der Waals surface area contributed by atoms with E-state index in [1.54, 1.807) is 6.07 Å². The molecular weight excluding hydrogens is 204 g/mol. The van der Waals surface area contributed by atoms with E-state index < -0.39 is 12.1 Å². The van der Waals surface area contributed by atoms with Crippen molar-refractivity contribution < 1.29 is 8.78 Å². The molecule has 0 saturated carbocycles. The molecule has 0 amide bonds. The number of aromatic nitrogens is 2. The monoisotopic (exact) mass is 211 g/mol. The van der Waals surface area contributed by atoms with Gasteiger partial charge < -0.3 is 5.73 Å². The van der Waals surface area contributed by atoms with Crippen LogP contribution in [-0.2, 0) is 0 Å². The van der Waals surface area contributed by atoms with Crippen molar-refractivity contribution in [3.05, 3.63) is 34.9 Å². The summed E-state index contributed by atoms with van der Waals surface area (Å²) < 4.78 is 25.0. The lowest BCUT2D eigenvalue weighted by atomic mass is 10.2. The van der Waals surface area contributed by atoms with Crippen molar-refractivity contribution in [1.82, 2.24) is 9.55 Å². The van der Waals surface area contributed by atoms with Crippen LogP contribution in [0.4, 0.5) is 14.5 Å². The van der Waals surface area contributed by atoms with Crippen molar-refractivity contribution in [1.29, 1.82) is 0 Å². The maximum atomic E-state index is 12.3. The van der Waals surface area contributed by atoms with Gasteiger partial charge in [0.25, 0.3) is 5.56 Å². The maximum absolute atomic E-state index is 12.3. The maximum Gasteiger partial charge on any atom is 0.322 e. The SMILES string of the molecule is Nc1ccc2ncn(C(F)F)c(=O)c2c1. The van der Waals surface area contributed by atoms with Crippen LogP contribution in [0.2, 0.25) is 0 Å². The first-order valence-electron chi connectivity index (χ1n) is 4.14. The highest BCUT2D eigenvalue weighted by Gasteiger charge is 2.10. The van der Waals surface area contributed by atoms with Gasteiger partial charge in [-0.3, -0.25) is 4.79 Å². The summed E-state index contributed by atoms with van der Waals surface area (Å²) in [5.74, 6) is 0. The van der Waals surface area contributed by atoms with E-state index in [0.29, 0.717) is 11.2 Å². The van der Waals surface area contributed by atoms with Gasteiger partial charge in [0, 0.05) is 5.69 Å². The lowest BCUT2D eigenvalue weighted by molar-refractivity contribution is 0.0658. The van der Waals surface area contributed by atoms with Gasteiger partial charge in [-0.15, -0.1) is 0 Å². The van der Waals surface area contributed by atoms with E-state index in [1.807, 2.05) is 0 Å². The summed E-state index contributed by atoms with van der Waals surface area (Å²) in [7, 11) is 0. The highest BCUT2D eigenvalue weighted by Crippen LogP contribution is 2.13. The Labute approximate surface area is 83.0 Å². The van der Waals surface area contributed by atoms with Gasteiger partial charge >= 0.3 is 6.55 Å². The third kappa shape index (κ3) is 1.54. The minimum Gasteiger partial charge on any atom is -0.399 e. The van der Waals surface area contributed by atoms with E-state index in [2.05, 4.69) is 4.98 Å². The summed E-state index contributed by atoms with van der Waals surface area (Å²) in [6.07, 6.45) is 0.825. The average molecular weight is 211 g/mol. The van der Waals surface area contributed by atoms with E-state index in [1.165, 1.54) is 12.1 Å². The fraction of sp³-hybridized carbons (Fsp3) is 0.111. The second kappa shape index (κ2) is 3.30. The smallest absolute Gasteiger partial charge is 0.322 e. The lowest BCUT2D eigenvalue weighted by Crippen LogP contribution is -2.21. The highest BCUT2D eigenvalue weighted by atomic mass is 19.3. The first-order chi connectivity index (χ1) is 7.09. The highest BCUT2D eigenvalue weighted by molar-refractivity contribution is 5.80. The second-order valence-electron chi connectivity index (χ2n) is 3.01. The van der Waals surface area contributed by atoms with Gasteiger partial charge in [0.2, 0.25) is 0 Å². The molecule has 2 N–H and O–H groups in total. The standard InChI is InChI=1S/C9H7F2N3O/c10-9(11)14-4-13-7-2-1-5(12)3-6(7)8(14)15/h1-4,9H,12H2. The zero-order chi connectivity index (χ0) is 11.0. The van der Waals surface area contributed by atoms with Gasteiger partial charge in [0.1, 0.15) is 6.33 Å². The summed E-state index contributed by atoms with van der Waals surface area (Å²) in [4.78, 5) is 15.2. The van der Waals surface area contributed by atoms with Crippen LogP contribution in [0.5, 0.6) is 0 Å². The number of nitrogens with two attached hydrogens (primary N) is 1. The minimum atomic E-state index is -2.89. The largest absolute Gasteiger partial charge is 0.399 e. The van der Waals surface area contributed by atoms with Crippen LogP contribution in [0.1, 0.15) is 6.55 Å². The molecule has 0 radical (unpaired) electrons. The van der Waals surface area contributed by atoms with Crippen LogP contribution in [-0.4, -0.2) is 9.55 Å². The Bertz CT molecular complexity index is 565. The van der Waals surface area contributed by atoms with Crippen molar-refractivity contribution in [2.45, 2.75) is 6.55 Å². The molecule has 2 rings (SSSR count). The normalized spacial score (nSPS) is 11.1. The van der Waals surface area contributed by atoms with E-state index in [4.69, 9.17) is 5.73 Å². The van der Waals surface area contributed by atoms with Crippen LogP contribution in [0.25, 0.3) is 10.9 Å². The number of nitrogens with zero attached hydrogens (tertiary/aromatic N) is 2. The number of nitrogen functional groups attached to an aromatic ring is 1. The molecule has 0 spiro atoms. The molecule has 2 aromatic rings. The fourth-order valence-corrected chi connectivity index (χ4v) is 1.29. The molecule has 78 valence electrons. The lowest BCUT2D eigenvalue weighted by Gasteiger charge is -2.04. The van der Waals surface area contributed by atoms with Crippen LogP contribution >= 0.6 is 0 Å². The van der Waals surface area contributed by atoms with Crippen LogP contribution in [0.3, 0.4) is 0 Å². The van der Waals surface area contributed by atoms with Crippen LogP contribution < -0.4 is 11.3 Å². The molecule has 0 aliphatic heterocycles. The number of benzene rings is 1. The first kappa shape index (κ1) is 9.57. The average Bonchev–Trinajstić information content (AvgIpc) is 2.19. The molecule has 4 nitrogen and oxygen atoms in total. The molecule has 6 heteroatoms. The Hall–Kier alpha value is -1.98. The Balaban J connectivity index is 2.83. The van der Waals surface area contributed by atoms with Gasteiger partial charge in [-0.1, -0.05) is 0 Å². The van der Waals surface area contributed by atoms with Crippen molar-refractivity contribution in [2.24, 2.45) is 0 Å². The molecule has 0 aliphatic carbocycles. The molecule has 15 heavy (non-hydrogen) atoms. The summed E-state index contributed by atoms with van der Waals surface area (Å²) in [6.45, 7) is -2.89. The number of anilines is 1. The van der Waals surface area contributed by atoms with E-state index in [9.17, 15) is 13.6 Å². The summed E-state index contributed by atoms with van der Waals surface area (Å²) in [6, 6.07) is 4.41. The number of fused-ring (bicyclic) bond motifs is 1.